The maximum absolute atomic E-state index is 5.48. The molecule has 0 radical (unpaired) electrons. The van der Waals surface area contributed by atoms with Crippen LogP contribution in [0.1, 0.15) is 51.0 Å². The number of nitrogens with one attached hydrogen (secondary N) is 1. The van der Waals surface area contributed by atoms with Gasteiger partial charge in [0.05, 0.1) is 18.7 Å². The van der Waals surface area contributed by atoms with E-state index >= 15 is 0 Å². The summed E-state index contributed by atoms with van der Waals surface area (Å²) < 4.78 is 7.41. The van der Waals surface area contributed by atoms with E-state index in [0.717, 1.165) is 44.8 Å². The molecule has 96 valence electrons. The Morgan fingerprint density at radius 2 is 2.47 bits per heavy atom. The third-order valence-electron chi connectivity index (χ3n) is 3.09. The number of hydrogen-bond donors (Lipinski definition) is 1. The van der Waals surface area contributed by atoms with Crippen LogP contribution in [-0.2, 0) is 4.74 Å². The molecule has 1 N–H and O–H groups in total. The van der Waals surface area contributed by atoms with Crippen LogP contribution in [0.3, 0.4) is 0 Å². The first-order valence-electron chi connectivity index (χ1n) is 6.41. The van der Waals surface area contributed by atoms with E-state index in [0.29, 0.717) is 6.04 Å². The highest BCUT2D eigenvalue weighted by molar-refractivity contribution is 4.92. The quantitative estimate of drug-likeness (QED) is 0.833. The van der Waals surface area contributed by atoms with Crippen LogP contribution in [0.5, 0.6) is 0 Å². The van der Waals surface area contributed by atoms with Crippen LogP contribution in [0.2, 0.25) is 0 Å². The van der Waals surface area contributed by atoms with Crippen LogP contribution in [0, 0.1) is 0 Å². The van der Waals surface area contributed by atoms with Gasteiger partial charge in [0.1, 0.15) is 0 Å². The molecule has 2 heterocycles. The Labute approximate surface area is 102 Å². The molecule has 0 bridgehead atoms. The summed E-state index contributed by atoms with van der Waals surface area (Å²) in [6.45, 7) is 6.81. The lowest BCUT2D eigenvalue weighted by atomic mass is 10.1. The molecule has 17 heavy (non-hydrogen) atoms. The average molecular weight is 239 g/mol. The molecule has 0 spiro atoms. The highest BCUT2D eigenvalue weighted by atomic mass is 16.5. The standard InChI is InChI=1S/C11H21N5O/c1-3-6-12-9(2)11-13-14-15-16(11)10-5-4-7-17-8-10/h9-10,12H,3-8H2,1-2H3. The summed E-state index contributed by atoms with van der Waals surface area (Å²) in [5.41, 5.74) is 0. The Morgan fingerprint density at radius 3 is 3.18 bits per heavy atom. The SMILES string of the molecule is CCCNC(C)c1nnnn1C1CCCOC1. The number of aromatic nitrogens is 4. The van der Waals surface area contributed by atoms with E-state index in [9.17, 15) is 0 Å². The zero-order chi connectivity index (χ0) is 12.1. The lowest BCUT2D eigenvalue weighted by Gasteiger charge is -2.24. The van der Waals surface area contributed by atoms with Gasteiger partial charge in [-0.15, -0.1) is 5.10 Å². The summed E-state index contributed by atoms with van der Waals surface area (Å²) in [5, 5.41) is 15.4. The van der Waals surface area contributed by atoms with Crippen molar-refractivity contribution in [3.05, 3.63) is 5.82 Å². The third kappa shape index (κ3) is 3.01. The van der Waals surface area contributed by atoms with Crippen LogP contribution in [-0.4, -0.2) is 40.0 Å². The lowest BCUT2D eigenvalue weighted by Crippen LogP contribution is -2.28. The van der Waals surface area contributed by atoms with Crippen molar-refractivity contribution in [2.45, 2.75) is 45.2 Å². The molecule has 2 unspecified atom stereocenters. The van der Waals surface area contributed by atoms with Gasteiger partial charge < -0.3 is 10.1 Å². The Hall–Kier alpha value is -1.01. The van der Waals surface area contributed by atoms with Gasteiger partial charge in [-0.3, -0.25) is 0 Å². The second kappa shape index (κ2) is 6.07. The number of nitrogens with zero attached hydrogens (tertiary/aromatic N) is 4. The van der Waals surface area contributed by atoms with Gasteiger partial charge in [0, 0.05) is 6.61 Å². The largest absolute Gasteiger partial charge is 0.379 e. The van der Waals surface area contributed by atoms with E-state index in [1.807, 2.05) is 4.68 Å². The molecule has 1 aliphatic rings. The first-order chi connectivity index (χ1) is 8.33. The van der Waals surface area contributed by atoms with Crippen molar-refractivity contribution in [3.8, 4) is 0 Å². The predicted octanol–water partition coefficient (Wildman–Crippen LogP) is 1.09. The van der Waals surface area contributed by atoms with Gasteiger partial charge in [-0.2, -0.15) is 0 Å². The van der Waals surface area contributed by atoms with Crippen LogP contribution in [0.25, 0.3) is 0 Å². The van der Waals surface area contributed by atoms with Crippen LogP contribution < -0.4 is 5.32 Å². The van der Waals surface area contributed by atoms with Crippen molar-refractivity contribution < 1.29 is 4.74 Å². The molecule has 0 aliphatic carbocycles. The maximum atomic E-state index is 5.48. The molecule has 2 atom stereocenters. The Balaban J connectivity index is 2.04. The van der Waals surface area contributed by atoms with Crippen molar-refractivity contribution in [3.63, 3.8) is 0 Å². The van der Waals surface area contributed by atoms with Crippen molar-refractivity contribution in [1.82, 2.24) is 25.5 Å². The first-order valence-corrected chi connectivity index (χ1v) is 6.41. The van der Waals surface area contributed by atoms with Gasteiger partial charge in [-0.05, 0) is 43.2 Å². The van der Waals surface area contributed by atoms with E-state index in [1.54, 1.807) is 0 Å². The normalized spacial score (nSPS) is 22.6. The summed E-state index contributed by atoms with van der Waals surface area (Å²) in [5.74, 6) is 0.911. The van der Waals surface area contributed by atoms with Crippen molar-refractivity contribution in [1.29, 1.82) is 0 Å². The molecule has 1 fully saturated rings. The number of tetrazole rings is 1. The second-order valence-corrected chi connectivity index (χ2v) is 4.53. The first kappa shape index (κ1) is 12.4. The Kier molecular flexibility index (Phi) is 4.44. The summed E-state index contributed by atoms with van der Waals surface area (Å²) in [4.78, 5) is 0. The minimum atomic E-state index is 0.187. The summed E-state index contributed by atoms with van der Waals surface area (Å²) >= 11 is 0. The molecular formula is C11H21N5O. The number of rotatable bonds is 5. The van der Waals surface area contributed by atoms with Gasteiger partial charge >= 0.3 is 0 Å². The van der Waals surface area contributed by atoms with Gasteiger partial charge in [0.25, 0.3) is 0 Å². The summed E-state index contributed by atoms with van der Waals surface area (Å²) in [7, 11) is 0. The van der Waals surface area contributed by atoms with Crippen LogP contribution >= 0.6 is 0 Å². The van der Waals surface area contributed by atoms with E-state index in [4.69, 9.17) is 4.74 Å². The Morgan fingerprint density at radius 1 is 1.59 bits per heavy atom. The van der Waals surface area contributed by atoms with E-state index in [2.05, 4.69) is 34.7 Å². The Bertz CT molecular complexity index is 334. The fourth-order valence-electron chi connectivity index (χ4n) is 2.11. The molecule has 1 aliphatic heterocycles. The zero-order valence-corrected chi connectivity index (χ0v) is 10.6. The number of ether oxygens (including phenoxy) is 1. The fraction of sp³-hybridized carbons (Fsp3) is 0.909. The minimum Gasteiger partial charge on any atom is -0.379 e. The van der Waals surface area contributed by atoms with Crippen LogP contribution in [0.15, 0.2) is 0 Å². The third-order valence-corrected chi connectivity index (χ3v) is 3.09. The maximum Gasteiger partial charge on any atom is 0.168 e. The molecule has 2 rings (SSSR count). The zero-order valence-electron chi connectivity index (χ0n) is 10.6. The summed E-state index contributed by atoms with van der Waals surface area (Å²) in [6.07, 6.45) is 3.29. The molecule has 6 nitrogen and oxygen atoms in total. The molecule has 1 aromatic rings. The van der Waals surface area contributed by atoms with Gasteiger partial charge in [-0.1, -0.05) is 6.92 Å². The van der Waals surface area contributed by atoms with Crippen molar-refractivity contribution in [2.75, 3.05) is 19.8 Å². The smallest absolute Gasteiger partial charge is 0.168 e. The average Bonchev–Trinajstić information content (AvgIpc) is 2.86. The molecule has 1 aromatic heterocycles. The minimum absolute atomic E-state index is 0.187. The molecule has 6 heteroatoms. The van der Waals surface area contributed by atoms with Crippen LogP contribution in [0.4, 0.5) is 0 Å². The van der Waals surface area contributed by atoms with Gasteiger partial charge in [-0.25, -0.2) is 4.68 Å². The topological polar surface area (TPSA) is 64.9 Å². The lowest BCUT2D eigenvalue weighted by molar-refractivity contribution is 0.0526. The molecular weight excluding hydrogens is 218 g/mol. The van der Waals surface area contributed by atoms with E-state index in [-0.39, 0.29) is 6.04 Å². The predicted molar refractivity (Wildman–Crippen MR) is 63.6 cm³/mol. The van der Waals surface area contributed by atoms with E-state index < -0.39 is 0 Å². The van der Waals surface area contributed by atoms with Crippen molar-refractivity contribution >= 4 is 0 Å². The highest BCUT2D eigenvalue weighted by Gasteiger charge is 2.22. The highest BCUT2D eigenvalue weighted by Crippen LogP contribution is 2.21. The monoisotopic (exact) mass is 239 g/mol. The van der Waals surface area contributed by atoms with Gasteiger partial charge in [0.2, 0.25) is 0 Å². The molecule has 0 saturated carbocycles. The molecule has 0 aromatic carbocycles. The molecule has 1 saturated heterocycles. The molecule has 0 amide bonds. The summed E-state index contributed by atoms with van der Waals surface area (Å²) in [6, 6.07) is 0.478. The van der Waals surface area contributed by atoms with Crippen molar-refractivity contribution in [2.24, 2.45) is 0 Å². The van der Waals surface area contributed by atoms with E-state index in [1.165, 1.54) is 0 Å². The fourth-order valence-corrected chi connectivity index (χ4v) is 2.11. The second-order valence-electron chi connectivity index (χ2n) is 4.53. The van der Waals surface area contributed by atoms with Gasteiger partial charge in [0.15, 0.2) is 5.82 Å². The number of hydrogen-bond acceptors (Lipinski definition) is 5.